The summed E-state index contributed by atoms with van der Waals surface area (Å²) in [5.74, 6) is 1.03. The van der Waals surface area contributed by atoms with Gasteiger partial charge in [0.15, 0.2) is 0 Å². The molecule has 2 fully saturated rings. The third-order valence-electron chi connectivity index (χ3n) is 3.64. The largest absolute Gasteiger partial charge is 0.328 e. The molecule has 2 aliphatic rings. The highest BCUT2D eigenvalue weighted by atomic mass is 14.6. The molecule has 0 amide bonds. The Balaban J connectivity index is 1.72. The maximum absolute atomic E-state index is 5.86. The van der Waals surface area contributed by atoms with Gasteiger partial charge in [-0.2, -0.15) is 0 Å². The van der Waals surface area contributed by atoms with Crippen molar-refractivity contribution in [3.63, 3.8) is 0 Å². The average Bonchev–Trinajstić information content (AvgIpc) is 2.05. The molecule has 2 aliphatic carbocycles. The molecule has 0 spiro atoms. The molecule has 1 nitrogen and oxygen atoms in total. The van der Waals surface area contributed by atoms with E-state index in [2.05, 4.69) is 6.08 Å². The van der Waals surface area contributed by atoms with Gasteiger partial charge in [-0.05, 0) is 38.0 Å². The van der Waals surface area contributed by atoms with Crippen molar-refractivity contribution >= 4 is 0 Å². The molecule has 0 saturated heterocycles. The lowest BCUT2D eigenvalue weighted by Gasteiger charge is -2.25. The molecular weight excluding hydrogens is 158 g/mol. The van der Waals surface area contributed by atoms with Crippen LogP contribution in [0.4, 0.5) is 0 Å². The molecule has 0 bridgehead atoms. The van der Waals surface area contributed by atoms with Crippen molar-refractivity contribution in [3.05, 3.63) is 11.6 Å². The van der Waals surface area contributed by atoms with Gasteiger partial charge in [0.1, 0.15) is 0 Å². The van der Waals surface area contributed by atoms with Crippen LogP contribution in [-0.2, 0) is 0 Å². The Bertz CT molecular complexity index is 181. The lowest BCUT2D eigenvalue weighted by Crippen LogP contribution is -2.23. The Morgan fingerprint density at radius 1 is 1.15 bits per heavy atom. The lowest BCUT2D eigenvalue weighted by molar-refractivity contribution is 0.318. The van der Waals surface area contributed by atoms with E-state index in [1.54, 1.807) is 5.57 Å². The Morgan fingerprint density at radius 3 is 2.38 bits per heavy atom. The molecule has 0 aliphatic heterocycles. The molecule has 74 valence electrons. The van der Waals surface area contributed by atoms with E-state index < -0.39 is 0 Å². The molecule has 0 heterocycles. The fraction of sp³-hybridized carbons (Fsp3) is 0.833. The van der Waals surface area contributed by atoms with Gasteiger partial charge in [-0.1, -0.05) is 30.9 Å². The zero-order valence-electron chi connectivity index (χ0n) is 8.47. The second-order valence-corrected chi connectivity index (χ2v) is 4.73. The molecule has 2 saturated carbocycles. The molecule has 0 aromatic carbocycles. The van der Waals surface area contributed by atoms with Gasteiger partial charge in [-0.15, -0.1) is 0 Å². The summed E-state index contributed by atoms with van der Waals surface area (Å²) in [6.07, 6.45) is 13.3. The summed E-state index contributed by atoms with van der Waals surface area (Å²) in [7, 11) is 0. The number of hydrogen-bond acceptors (Lipinski definition) is 1. The number of allylic oxidation sites excluding steroid dienone is 2. The second kappa shape index (κ2) is 4.28. The van der Waals surface area contributed by atoms with Crippen molar-refractivity contribution in [3.8, 4) is 0 Å². The zero-order valence-corrected chi connectivity index (χ0v) is 8.47. The number of nitrogens with two attached hydrogens (primary N) is 1. The first-order chi connectivity index (χ1) is 6.34. The third kappa shape index (κ3) is 2.57. The SMILES string of the molecule is NC1CCC(=CCC2CCC2)CC1. The van der Waals surface area contributed by atoms with Crippen molar-refractivity contribution in [2.45, 2.75) is 57.4 Å². The predicted molar refractivity (Wildman–Crippen MR) is 56.5 cm³/mol. The summed E-state index contributed by atoms with van der Waals surface area (Å²) in [6, 6.07) is 0.487. The van der Waals surface area contributed by atoms with Gasteiger partial charge >= 0.3 is 0 Å². The van der Waals surface area contributed by atoms with E-state index in [1.165, 1.54) is 51.4 Å². The average molecular weight is 179 g/mol. The van der Waals surface area contributed by atoms with E-state index in [4.69, 9.17) is 5.73 Å². The monoisotopic (exact) mass is 179 g/mol. The Labute approximate surface area is 81.4 Å². The molecule has 0 aromatic heterocycles. The summed E-state index contributed by atoms with van der Waals surface area (Å²) in [4.78, 5) is 0. The van der Waals surface area contributed by atoms with Crippen LogP contribution >= 0.6 is 0 Å². The number of hydrogen-bond donors (Lipinski definition) is 1. The minimum Gasteiger partial charge on any atom is -0.328 e. The van der Waals surface area contributed by atoms with Gasteiger partial charge in [0.2, 0.25) is 0 Å². The third-order valence-corrected chi connectivity index (χ3v) is 3.64. The van der Waals surface area contributed by atoms with E-state index >= 15 is 0 Å². The van der Waals surface area contributed by atoms with E-state index in [1.807, 2.05) is 0 Å². The Morgan fingerprint density at radius 2 is 1.85 bits per heavy atom. The van der Waals surface area contributed by atoms with Crippen molar-refractivity contribution in [1.82, 2.24) is 0 Å². The molecule has 0 atom stereocenters. The van der Waals surface area contributed by atoms with Crippen molar-refractivity contribution in [2.75, 3.05) is 0 Å². The van der Waals surface area contributed by atoms with Gasteiger partial charge in [0.05, 0.1) is 0 Å². The van der Waals surface area contributed by atoms with Crippen LogP contribution in [0.2, 0.25) is 0 Å². The van der Waals surface area contributed by atoms with Crippen LogP contribution < -0.4 is 5.73 Å². The first-order valence-corrected chi connectivity index (χ1v) is 5.78. The van der Waals surface area contributed by atoms with Crippen LogP contribution in [0.1, 0.15) is 51.4 Å². The van der Waals surface area contributed by atoms with E-state index in [0.29, 0.717) is 6.04 Å². The van der Waals surface area contributed by atoms with Crippen LogP contribution in [-0.4, -0.2) is 6.04 Å². The molecule has 2 rings (SSSR count). The first kappa shape index (κ1) is 9.26. The van der Waals surface area contributed by atoms with Gasteiger partial charge in [0, 0.05) is 6.04 Å². The highest BCUT2D eigenvalue weighted by Gasteiger charge is 2.17. The fourth-order valence-corrected chi connectivity index (χ4v) is 2.28. The molecule has 2 N–H and O–H groups in total. The lowest BCUT2D eigenvalue weighted by atomic mass is 9.81. The fourth-order valence-electron chi connectivity index (χ4n) is 2.28. The summed E-state index contributed by atoms with van der Waals surface area (Å²) >= 11 is 0. The van der Waals surface area contributed by atoms with Crippen molar-refractivity contribution < 1.29 is 0 Å². The van der Waals surface area contributed by atoms with Gasteiger partial charge < -0.3 is 5.73 Å². The standard InChI is InChI=1S/C12H21N/c13-12-8-6-11(7-9-12)5-4-10-2-1-3-10/h5,10,12H,1-4,6-9,13H2. The maximum atomic E-state index is 5.86. The number of rotatable bonds is 2. The van der Waals surface area contributed by atoms with Crippen molar-refractivity contribution in [1.29, 1.82) is 0 Å². The van der Waals surface area contributed by atoms with Gasteiger partial charge in [0.25, 0.3) is 0 Å². The minimum atomic E-state index is 0.487. The van der Waals surface area contributed by atoms with Gasteiger partial charge in [-0.3, -0.25) is 0 Å². The Hall–Kier alpha value is -0.300. The molecule has 0 aromatic rings. The van der Waals surface area contributed by atoms with Gasteiger partial charge in [-0.25, -0.2) is 0 Å². The molecular formula is C12H21N. The van der Waals surface area contributed by atoms with E-state index in [-0.39, 0.29) is 0 Å². The van der Waals surface area contributed by atoms with E-state index in [9.17, 15) is 0 Å². The topological polar surface area (TPSA) is 26.0 Å². The first-order valence-electron chi connectivity index (χ1n) is 5.78. The normalized spacial score (nSPS) is 29.9. The predicted octanol–water partition coefficient (Wildman–Crippen LogP) is 3.00. The zero-order chi connectivity index (χ0) is 9.10. The highest BCUT2D eigenvalue weighted by Crippen LogP contribution is 2.31. The highest BCUT2D eigenvalue weighted by molar-refractivity contribution is 5.06. The minimum absolute atomic E-state index is 0.487. The Kier molecular flexibility index (Phi) is 3.05. The summed E-state index contributed by atoms with van der Waals surface area (Å²) in [6.45, 7) is 0. The van der Waals surface area contributed by atoms with Crippen LogP contribution in [0, 0.1) is 5.92 Å². The van der Waals surface area contributed by atoms with Crippen LogP contribution in [0.5, 0.6) is 0 Å². The smallest absolute Gasteiger partial charge is 0.00449 e. The summed E-state index contributed by atoms with van der Waals surface area (Å²) in [5.41, 5.74) is 7.55. The van der Waals surface area contributed by atoms with Crippen molar-refractivity contribution in [2.24, 2.45) is 11.7 Å². The molecule has 0 radical (unpaired) electrons. The van der Waals surface area contributed by atoms with Crippen LogP contribution in [0.3, 0.4) is 0 Å². The summed E-state index contributed by atoms with van der Waals surface area (Å²) < 4.78 is 0. The molecule has 1 heteroatoms. The summed E-state index contributed by atoms with van der Waals surface area (Å²) in [5, 5.41) is 0. The molecule has 0 unspecified atom stereocenters. The van der Waals surface area contributed by atoms with Crippen LogP contribution in [0.25, 0.3) is 0 Å². The quantitative estimate of drug-likeness (QED) is 0.648. The van der Waals surface area contributed by atoms with E-state index in [0.717, 1.165) is 5.92 Å². The molecule has 13 heavy (non-hydrogen) atoms. The second-order valence-electron chi connectivity index (χ2n) is 4.73. The van der Waals surface area contributed by atoms with Crippen LogP contribution in [0.15, 0.2) is 11.6 Å². The maximum Gasteiger partial charge on any atom is 0.00449 e.